The van der Waals surface area contributed by atoms with Gasteiger partial charge in [-0.3, -0.25) is 0 Å². The van der Waals surface area contributed by atoms with Crippen LogP contribution in [0.15, 0.2) is 12.1 Å². The average Bonchev–Trinajstić information content (AvgIpc) is 2.65. The lowest BCUT2D eigenvalue weighted by Gasteiger charge is -2.23. The van der Waals surface area contributed by atoms with E-state index in [4.69, 9.17) is 11.6 Å². The Hall–Kier alpha value is -0.0500. The molecule has 0 aliphatic carbocycles. The highest BCUT2D eigenvalue weighted by molar-refractivity contribution is 7.16. The van der Waals surface area contributed by atoms with E-state index in [1.165, 1.54) is 17.7 Å². The molecule has 1 N–H and O–H groups in total. The number of hydrogen-bond donors (Lipinski definition) is 1. The molecule has 1 nitrogen and oxygen atoms in total. The molecule has 3 heteroatoms. The van der Waals surface area contributed by atoms with Crippen LogP contribution in [0.2, 0.25) is 4.34 Å². The lowest BCUT2D eigenvalue weighted by Crippen LogP contribution is -2.35. The van der Waals surface area contributed by atoms with Gasteiger partial charge in [0.15, 0.2) is 0 Å². The highest BCUT2D eigenvalue weighted by Gasteiger charge is 2.15. The van der Waals surface area contributed by atoms with Gasteiger partial charge in [0, 0.05) is 10.9 Å². The third-order valence-corrected chi connectivity index (χ3v) is 4.19. The molecule has 1 rings (SSSR count). The summed E-state index contributed by atoms with van der Waals surface area (Å²) in [7, 11) is 0. The first-order valence-corrected chi connectivity index (χ1v) is 7.34. The van der Waals surface area contributed by atoms with Crippen molar-refractivity contribution in [1.82, 2.24) is 5.32 Å². The van der Waals surface area contributed by atoms with E-state index in [2.05, 4.69) is 32.2 Å². The SMILES string of the molecule is CCCNC(CC)C(C)Cc1ccc(Cl)s1. The lowest BCUT2D eigenvalue weighted by atomic mass is 9.95. The molecule has 1 heterocycles. The standard InChI is InChI=1S/C13H22ClNS/c1-4-8-15-12(5-2)10(3)9-11-6-7-13(14)16-11/h6-7,10,12,15H,4-5,8-9H2,1-3H3. The van der Waals surface area contributed by atoms with Crippen LogP contribution >= 0.6 is 22.9 Å². The van der Waals surface area contributed by atoms with E-state index in [1.807, 2.05) is 6.07 Å². The predicted octanol–water partition coefficient (Wildman–Crippen LogP) is 4.36. The molecule has 0 aliphatic rings. The molecule has 0 spiro atoms. The first kappa shape index (κ1) is 14.0. The van der Waals surface area contributed by atoms with Crippen molar-refractivity contribution in [3.63, 3.8) is 0 Å². The van der Waals surface area contributed by atoms with Gasteiger partial charge in [-0.1, -0.05) is 32.4 Å². The van der Waals surface area contributed by atoms with E-state index in [0.29, 0.717) is 12.0 Å². The van der Waals surface area contributed by atoms with Crippen LogP contribution in [0, 0.1) is 5.92 Å². The van der Waals surface area contributed by atoms with Crippen molar-refractivity contribution in [3.05, 3.63) is 21.3 Å². The molecule has 0 aromatic carbocycles. The van der Waals surface area contributed by atoms with Gasteiger partial charge in [-0.2, -0.15) is 0 Å². The molecule has 0 saturated carbocycles. The summed E-state index contributed by atoms with van der Waals surface area (Å²) in [5.41, 5.74) is 0. The summed E-state index contributed by atoms with van der Waals surface area (Å²) in [5.74, 6) is 0.672. The molecule has 0 saturated heterocycles. The molecule has 0 fully saturated rings. The minimum atomic E-state index is 0.626. The molecule has 92 valence electrons. The van der Waals surface area contributed by atoms with Crippen LogP contribution in [0.3, 0.4) is 0 Å². The normalized spacial score (nSPS) is 15.0. The zero-order valence-electron chi connectivity index (χ0n) is 10.4. The molecular weight excluding hydrogens is 238 g/mol. The maximum Gasteiger partial charge on any atom is 0.0931 e. The van der Waals surface area contributed by atoms with Gasteiger partial charge >= 0.3 is 0 Å². The van der Waals surface area contributed by atoms with Crippen molar-refractivity contribution in [2.24, 2.45) is 5.92 Å². The molecule has 1 aromatic heterocycles. The Morgan fingerprint density at radius 3 is 2.62 bits per heavy atom. The van der Waals surface area contributed by atoms with Gasteiger partial charge in [0.2, 0.25) is 0 Å². The quantitative estimate of drug-likeness (QED) is 0.767. The summed E-state index contributed by atoms with van der Waals surface area (Å²) in [6, 6.07) is 4.77. The van der Waals surface area contributed by atoms with Crippen molar-refractivity contribution in [2.45, 2.75) is 46.1 Å². The lowest BCUT2D eigenvalue weighted by molar-refractivity contribution is 0.366. The van der Waals surface area contributed by atoms with E-state index >= 15 is 0 Å². The number of halogens is 1. The molecule has 16 heavy (non-hydrogen) atoms. The fraction of sp³-hybridized carbons (Fsp3) is 0.692. The first-order chi connectivity index (χ1) is 7.67. The molecule has 0 amide bonds. The molecule has 0 aliphatic heterocycles. The van der Waals surface area contributed by atoms with Crippen molar-refractivity contribution in [1.29, 1.82) is 0 Å². The van der Waals surface area contributed by atoms with Crippen molar-refractivity contribution in [2.75, 3.05) is 6.54 Å². The van der Waals surface area contributed by atoms with Gasteiger partial charge in [-0.15, -0.1) is 11.3 Å². The zero-order chi connectivity index (χ0) is 12.0. The molecular formula is C13H22ClNS. The molecule has 0 radical (unpaired) electrons. The topological polar surface area (TPSA) is 12.0 Å². The third kappa shape index (κ3) is 4.44. The van der Waals surface area contributed by atoms with E-state index in [9.17, 15) is 0 Å². The highest BCUT2D eigenvalue weighted by atomic mass is 35.5. The minimum Gasteiger partial charge on any atom is -0.314 e. The minimum absolute atomic E-state index is 0.626. The Morgan fingerprint density at radius 2 is 2.12 bits per heavy atom. The second kappa shape index (κ2) is 7.31. The fourth-order valence-corrected chi connectivity index (χ4v) is 3.23. The van der Waals surface area contributed by atoms with Crippen LogP contribution < -0.4 is 5.32 Å². The van der Waals surface area contributed by atoms with Crippen LogP contribution in [-0.4, -0.2) is 12.6 Å². The summed E-state index contributed by atoms with van der Waals surface area (Å²) >= 11 is 7.65. The van der Waals surface area contributed by atoms with Gasteiger partial charge < -0.3 is 5.32 Å². The van der Waals surface area contributed by atoms with E-state index in [-0.39, 0.29) is 0 Å². The maximum atomic E-state index is 5.94. The smallest absolute Gasteiger partial charge is 0.0931 e. The number of thiophene rings is 1. The van der Waals surface area contributed by atoms with Crippen LogP contribution in [0.5, 0.6) is 0 Å². The molecule has 0 bridgehead atoms. The second-order valence-corrected chi connectivity index (χ2v) is 6.16. The van der Waals surface area contributed by atoms with Crippen molar-refractivity contribution >= 4 is 22.9 Å². The fourth-order valence-electron chi connectivity index (χ4n) is 2.00. The van der Waals surface area contributed by atoms with E-state index in [0.717, 1.165) is 17.3 Å². The number of nitrogens with one attached hydrogen (secondary N) is 1. The van der Waals surface area contributed by atoms with Crippen molar-refractivity contribution in [3.8, 4) is 0 Å². The van der Waals surface area contributed by atoms with Gasteiger partial charge in [0.05, 0.1) is 4.34 Å². The highest BCUT2D eigenvalue weighted by Crippen LogP contribution is 2.25. The Bertz CT molecular complexity index is 298. The second-order valence-electron chi connectivity index (χ2n) is 4.36. The van der Waals surface area contributed by atoms with Gasteiger partial charge in [0.25, 0.3) is 0 Å². The van der Waals surface area contributed by atoms with Gasteiger partial charge in [-0.25, -0.2) is 0 Å². The average molecular weight is 260 g/mol. The zero-order valence-corrected chi connectivity index (χ0v) is 12.0. The maximum absolute atomic E-state index is 5.94. The Labute approximate surface area is 108 Å². The summed E-state index contributed by atoms with van der Waals surface area (Å²) in [6.07, 6.45) is 3.53. The van der Waals surface area contributed by atoms with Gasteiger partial charge in [0.1, 0.15) is 0 Å². The summed E-state index contributed by atoms with van der Waals surface area (Å²) in [4.78, 5) is 1.40. The largest absolute Gasteiger partial charge is 0.314 e. The van der Waals surface area contributed by atoms with E-state index < -0.39 is 0 Å². The number of rotatable bonds is 7. The van der Waals surface area contributed by atoms with Crippen LogP contribution in [0.25, 0.3) is 0 Å². The Kier molecular flexibility index (Phi) is 6.40. The first-order valence-electron chi connectivity index (χ1n) is 6.15. The van der Waals surface area contributed by atoms with E-state index in [1.54, 1.807) is 11.3 Å². The summed E-state index contributed by atoms with van der Waals surface area (Å²) in [5, 5.41) is 3.62. The Morgan fingerprint density at radius 1 is 1.38 bits per heavy atom. The summed E-state index contributed by atoms with van der Waals surface area (Å²) in [6.45, 7) is 7.91. The molecule has 2 atom stereocenters. The Balaban J connectivity index is 2.45. The monoisotopic (exact) mass is 259 g/mol. The van der Waals surface area contributed by atoms with Crippen LogP contribution in [0.4, 0.5) is 0 Å². The van der Waals surface area contributed by atoms with Crippen LogP contribution in [-0.2, 0) is 6.42 Å². The molecule has 1 aromatic rings. The predicted molar refractivity (Wildman–Crippen MR) is 74.6 cm³/mol. The van der Waals surface area contributed by atoms with Crippen LogP contribution in [0.1, 0.15) is 38.5 Å². The third-order valence-electron chi connectivity index (χ3n) is 2.94. The number of hydrogen-bond acceptors (Lipinski definition) is 2. The van der Waals surface area contributed by atoms with Gasteiger partial charge in [-0.05, 0) is 43.9 Å². The summed E-state index contributed by atoms with van der Waals surface area (Å²) < 4.78 is 0.900. The molecule has 2 unspecified atom stereocenters. The van der Waals surface area contributed by atoms with Crippen molar-refractivity contribution < 1.29 is 0 Å².